The lowest BCUT2D eigenvalue weighted by Gasteiger charge is -1.96. The normalized spacial score (nSPS) is 11.8. The number of hydrogen-bond donors (Lipinski definition) is 1. The third-order valence-electron chi connectivity index (χ3n) is 3.04. The Hall–Kier alpha value is -2.29. The summed E-state index contributed by atoms with van der Waals surface area (Å²) in [5, 5.41) is 2.43. The van der Waals surface area contributed by atoms with Crippen molar-refractivity contribution in [3.05, 3.63) is 48.9 Å². The summed E-state index contributed by atoms with van der Waals surface area (Å²) in [6, 6.07) is 10.4. The molecule has 0 atom stereocenters. The van der Waals surface area contributed by atoms with E-state index in [1.54, 1.807) is 0 Å². The zero-order valence-corrected chi connectivity index (χ0v) is 8.51. The van der Waals surface area contributed by atoms with Crippen LogP contribution in [0.5, 0.6) is 0 Å². The fraction of sp³-hybridized carbons (Fsp3) is 0. The first-order valence-electron chi connectivity index (χ1n) is 5.25. The highest BCUT2D eigenvalue weighted by Crippen LogP contribution is 2.27. The second-order valence-corrected chi connectivity index (χ2v) is 3.93. The monoisotopic (exact) mass is 207 g/mol. The van der Waals surface area contributed by atoms with Gasteiger partial charge in [-0.15, -0.1) is 0 Å². The predicted octanol–water partition coefficient (Wildman–Crippen LogP) is 2.97. The van der Waals surface area contributed by atoms with Crippen molar-refractivity contribution in [3.63, 3.8) is 0 Å². The van der Waals surface area contributed by atoms with E-state index >= 15 is 0 Å². The quantitative estimate of drug-likeness (QED) is 0.472. The van der Waals surface area contributed by atoms with E-state index in [1.165, 1.54) is 16.3 Å². The van der Waals surface area contributed by atoms with Crippen LogP contribution in [0.15, 0.2) is 48.9 Å². The van der Waals surface area contributed by atoms with E-state index in [-0.39, 0.29) is 0 Å². The number of H-pyrrole nitrogens is 1. The van der Waals surface area contributed by atoms with Gasteiger partial charge in [0, 0.05) is 29.4 Å². The van der Waals surface area contributed by atoms with Gasteiger partial charge in [0.1, 0.15) is 5.65 Å². The molecule has 3 nitrogen and oxygen atoms in total. The van der Waals surface area contributed by atoms with Crippen LogP contribution < -0.4 is 0 Å². The van der Waals surface area contributed by atoms with E-state index in [9.17, 15) is 0 Å². The minimum absolute atomic E-state index is 0.951. The van der Waals surface area contributed by atoms with Gasteiger partial charge in [-0.2, -0.15) is 0 Å². The molecule has 4 aromatic rings. The molecule has 76 valence electrons. The van der Waals surface area contributed by atoms with Crippen molar-refractivity contribution in [1.82, 2.24) is 14.4 Å². The Morgan fingerprint density at radius 2 is 2.06 bits per heavy atom. The molecule has 0 saturated carbocycles. The fourth-order valence-electron chi connectivity index (χ4n) is 2.33. The average Bonchev–Trinajstić information content (AvgIpc) is 2.91. The maximum absolute atomic E-state index is 4.34. The molecule has 0 radical (unpaired) electrons. The van der Waals surface area contributed by atoms with Crippen LogP contribution >= 0.6 is 0 Å². The summed E-state index contributed by atoms with van der Waals surface area (Å²) in [4.78, 5) is 7.68. The highest BCUT2D eigenvalue weighted by atomic mass is 14.9. The molecule has 0 bridgehead atoms. The zero-order valence-electron chi connectivity index (χ0n) is 8.51. The van der Waals surface area contributed by atoms with Gasteiger partial charge in [-0.1, -0.05) is 0 Å². The van der Waals surface area contributed by atoms with Gasteiger partial charge in [0.2, 0.25) is 0 Å². The smallest absolute Gasteiger partial charge is 0.138 e. The largest absolute Gasteiger partial charge is 0.339 e. The van der Waals surface area contributed by atoms with Crippen molar-refractivity contribution >= 4 is 27.5 Å². The third-order valence-corrected chi connectivity index (χ3v) is 3.04. The summed E-state index contributed by atoms with van der Waals surface area (Å²) >= 11 is 0. The van der Waals surface area contributed by atoms with Gasteiger partial charge in [-0.25, -0.2) is 4.98 Å². The Balaban J connectivity index is 2.42. The van der Waals surface area contributed by atoms with Crippen molar-refractivity contribution < 1.29 is 0 Å². The third kappa shape index (κ3) is 0.852. The number of hydrogen-bond acceptors (Lipinski definition) is 1. The Morgan fingerprint density at radius 1 is 1.06 bits per heavy atom. The number of aromatic amines is 1. The molecule has 4 heterocycles. The molecule has 0 unspecified atom stereocenters. The van der Waals surface area contributed by atoms with Crippen LogP contribution in [0.1, 0.15) is 0 Å². The number of pyridine rings is 2. The van der Waals surface area contributed by atoms with Crippen LogP contribution in [0.4, 0.5) is 0 Å². The van der Waals surface area contributed by atoms with Gasteiger partial charge in [0.15, 0.2) is 0 Å². The lowest BCUT2D eigenvalue weighted by Crippen LogP contribution is -1.80. The maximum Gasteiger partial charge on any atom is 0.138 e. The van der Waals surface area contributed by atoms with Crippen LogP contribution in [-0.2, 0) is 0 Å². The molecular formula is C13H9N3. The minimum atomic E-state index is 0.951. The molecule has 0 aliphatic carbocycles. The first kappa shape index (κ1) is 7.93. The molecule has 0 aromatic carbocycles. The highest BCUT2D eigenvalue weighted by Gasteiger charge is 2.07. The lowest BCUT2D eigenvalue weighted by atomic mass is 10.2. The van der Waals surface area contributed by atoms with E-state index in [0.717, 1.165) is 11.2 Å². The van der Waals surface area contributed by atoms with Crippen LogP contribution in [0.2, 0.25) is 0 Å². The summed E-state index contributed by atoms with van der Waals surface area (Å²) in [5.74, 6) is 0. The summed E-state index contributed by atoms with van der Waals surface area (Å²) in [6.45, 7) is 0. The average molecular weight is 207 g/mol. The number of nitrogens with one attached hydrogen (secondary N) is 1. The summed E-state index contributed by atoms with van der Waals surface area (Å²) in [6.07, 6.45) is 5.93. The van der Waals surface area contributed by atoms with Crippen molar-refractivity contribution in [3.8, 4) is 0 Å². The van der Waals surface area contributed by atoms with E-state index < -0.39 is 0 Å². The predicted molar refractivity (Wildman–Crippen MR) is 64.6 cm³/mol. The summed E-state index contributed by atoms with van der Waals surface area (Å²) in [5.41, 5.74) is 3.31. The Bertz CT molecular complexity index is 808. The van der Waals surface area contributed by atoms with Crippen LogP contribution in [-0.4, -0.2) is 14.4 Å². The number of rotatable bonds is 0. The van der Waals surface area contributed by atoms with E-state index in [4.69, 9.17) is 0 Å². The summed E-state index contributed by atoms with van der Waals surface area (Å²) in [7, 11) is 0. The maximum atomic E-state index is 4.34. The molecule has 0 amide bonds. The van der Waals surface area contributed by atoms with Crippen molar-refractivity contribution in [1.29, 1.82) is 0 Å². The Kier molecular flexibility index (Phi) is 1.31. The van der Waals surface area contributed by atoms with Gasteiger partial charge in [0.05, 0.1) is 11.0 Å². The van der Waals surface area contributed by atoms with Crippen molar-refractivity contribution in [2.24, 2.45) is 0 Å². The van der Waals surface area contributed by atoms with Crippen LogP contribution in [0.3, 0.4) is 0 Å². The molecular weight excluding hydrogens is 198 g/mol. The molecule has 0 fully saturated rings. The number of aromatic nitrogens is 3. The topological polar surface area (TPSA) is 33.1 Å². The van der Waals surface area contributed by atoms with E-state index in [2.05, 4.69) is 51.0 Å². The van der Waals surface area contributed by atoms with Crippen LogP contribution in [0, 0.1) is 0 Å². The molecule has 3 heteroatoms. The lowest BCUT2D eigenvalue weighted by molar-refractivity contribution is 1.21. The van der Waals surface area contributed by atoms with Gasteiger partial charge in [-0.05, 0) is 30.3 Å². The summed E-state index contributed by atoms with van der Waals surface area (Å²) < 4.78 is 2.13. The van der Waals surface area contributed by atoms with Gasteiger partial charge < -0.3 is 9.38 Å². The molecule has 1 N–H and O–H groups in total. The van der Waals surface area contributed by atoms with E-state index in [1.807, 2.05) is 12.3 Å². The highest BCUT2D eigenvalue weighted by molar-refractivity contribution is 6.13. The first-order valence-corrected chi connectivity index (χ1v) is 5.25. The van der Waals surface area contributed by atoms with Crippen LogP contribution in [0.25, 0.3) is 27.5 Å². The molecule has 16 heavy (non-hydrogen) atoms. The van der Waals surface area contributed by atoms with Gasteiger partial charge in [0.25, 0.3) is 0 Å². The van der Waals surface area contributed by atoms with E-state index in [0.29, 0.717) is 0 Å². The number of nitrogens with zero attached hydrogens (tertiary/aromatic N) is 2. The molecule has 4 rings (SSSR count). The fourth-order valence-corrected chi connectivity index (χ4v) is 2.33. The molecule has 0 saturated heterocycles. The van der Waals surface area contributed by atoms with Gasteiger partial charge in [-0.3, -0.25) is 0 Å². The Morgan fingerprint density at radius 3 is 3.06 bits per heavy atom. The first-order chi connectivity index (χ1) is 7.93. The van der Waals surface area contributed by atoms with Gasteiger partial charge >= 0.3 is 0 Å². The molecule has 0 spiro atoms. The SMILES string of the molecule is c1cnc2[nH]c3ccn4cccc4c3c2c1. The Labute approximate surface area is 91.3 Å². The second-order valence-electron chi connectivity index (χ2n) is 3.93. The minimum Gasteiger partial charge on any atom is -0.339 e. The zero-order chi connectivity index (χ0) is 10.5. The second kappa shape index (κ2) is 2.64. The van der Waals surface area contributed by atoms with Crippen molar-refractivity contribution in [2.75, 3.05) is 0 Å². The molecule has 0 aliphatic rings. The number of fused-ring (bicyclic) bond motifs is 5. The molecule has 0 aliphatic heterocycles. The standard InChI is InChI=1S/C13H9N3/c1-3-9-12-10(15-13(9)14-6-1)5-8-16-7-2-4-11(12)16/h1-8H,(H,14,15). The van der Waals surface area contributed by atoms with Crippen molar-refractivity contribution in [2.45, 2.75) is 0 Å². The molecule has 4 aromatic heterocycles.